The molecule has 3 heteroatoms. The molecule has 2 aromatic carbocycles. The first kappa shape index (κ1) is 11.8. The van der Waals surface area contributed by atoms with Crippen molar-refractivity contribution in [3.05, 3.63) is 66.1 Å². The molecule has 0 spiro atoms. The van der Waals surface area contributed by atoms with Crippen LogP contribution in [0, 0.1) is 5.82 Å². The van der Waals surface area contributed by atoms with Crippen molar-refractivity contribution < 1.29 is 4.39 Å². The van der Waals surface area contributed by atoms with Gasteiger partial charge in [-0.2, -0.15) is 0 Å². The molecule has 0 amide bonds. The predicted molar refractivity (Wildman–Crippen MR) is 75.0 cm³/mol. The van der Waals surface area contributed by atoms with Crippen LogP contribution in [-0.2, 0) is 6.54 Å². The van der Waals surface area contributed by atoms with Crippen molar-refractivity contribution in [1.82, 2.24) is 4.98 Å². The van der Waals surface area contributed by atoms with Gasteiger partial charge in [0.15, 0.2) is 0 Å². The highest BCUT2D eigenvalue weighted by atomic mass is 19.1. The fourth-order valence-corrected chi connectivity index (χ4v) is 2.14. The molecule has 19 heavy (non-hydrogen) atoms. The van der Waals surface area contributed by atoms with Gasteiger partial charge in [0.2, 0.25) is 0 Å². The lowest BCUT2D eigenvalue weighted by Crippen LogP contribution is -1.97. The van der Waals surface area contributed by atoms with Crippen LogP contribution in [0.1, 0.15) is 5.56 Å². The van der Waals surface area contributed by atoms with Crippen molar-refractivity contribution in [2.24, 2.45) is 5.73 Å². The van der Waals surface area contributed by atoms with Gasteiger partial charge < -0.3 is 5.73 Å². The monoisotopic (exact) mass is 252 g/mol. The highest BCUT2D eigenvalue weighted by Crippen LogP contribution is 2.25. The van der Waals surface area contributed by atoms with Crippen LogP contribution >= 0.6 is 0 Å². The molecule has 0 aliphatic heterocycles. The summed E-state index contributed by atoms with van der Waals surface area (Å²) >= 11 is 0. The number of halogens is 1. The predicted octanol–water partition coefficient (Wildman–Crippen LogP) is 3.50. The Labute approximate surface area is 110 Å². The Morgan fingerprint density at radius 3 is 2.68 bits per heavy atom. The zero-order valence-electron chi connectivity index (χ0n) is 10.3. The first-order valence-corrected chi connectivity index (χ1v) is 6.11. The van der Waals surface area contributed by atoms with E-state index >= 15 is 0 Å². The third-order valence-electron chi connectivity index (χ3n) is 3.17. The fraction of sp³-hybridized carbons (Fsp3) is 0.0625. The number of rotatable bonds is 2. The Morgan fingerprint density at radius 1 is 1.05 bits per heavy atom. The summed E-state index contributed by atoms with van der Waals surface area (Å²) in [5.41, 5.74) is 8.53. The maximum Gasteiger partial charge on any atom is 0.131 e. The van der Waals surface area contributed by atoms with Crippen LogP contribution in [0.2, 0.25) is 0 Å². The highest BCUT2D eigenvalue weighted by Gasteiger charge is 2.07. The zero-order chi connectivity index (χ0) is 13.2. The second-order valence-electron chi connectivity index (χ2n) is 4.44. The van der Waals surface area contributed by atoms with E-state index in [2.05, 4.69) is 4.98 Å². The third-order valence-corrected chi connectivity index (χ3v) is 3.17. The van der Waals surface area contributed by atoms with Gasteiger partial charge in [0.1, 0.15) is 5.82 Å². The van der Waals surface area contributed by atoms with Crippen LogP contribution in [0.5, 0.6) is 0 Å². The second-order valence-corrected chi connectivity index (χ2v) is 4.44. The van der Waals surface area contributed by atoms with E-state index in [1.807, 2.05) is 36.4 Å². The van der Waals surface area contributed by atoms with Crippen LogP contribution in [-0.4, -0.2) is 4.98 Å². The van der Waals surface area contributed by atoms with E-state index in [-0.39, 0.29) is 5.82 Å². The Morgan fingerprint density at radius 2 is 1.89 bits per heavy atom. The van der Waals surface area contributed by atoms with Gasteiger partial charge in [0.05, 0.1) is 5.52 Å². The number of fused-ring (bicyclic) bond motifs is 1. The molecule has 0 bridgehead atoms. The molecule has 0 aliphatic carbocycles. The average Bonchev–Trinajstić information content (AvgIpc) is 2.46. The molecule has 3 aromatic rings. The summed E-state index contributed by atoms with van der Waals surface area (Å²) in [6.45, 7) is 0.340. The summed E-state index contributed by atoms with van der Waals surface area (Å²) in [7, 11) is 0. The number of pyridine rings is 1. The van der Waals surface area contributed by atoms with Crippen LogP contribution in [0.3, 0.4) is 0 Å². The lowest BCUT2D eigenvalue weighted by atomic mass is 10.0. The Bertz CT molecular complexity index is 738. The molecule has 1 heterocycles. The molecule has 0 fully saturated rings. The van der Waals surface area contributed by atoms with Crippen molar-refractivity contribution in [2.75, 3.05) is 0 Å². The maximum absolute atomic E-state index is 14.0. The number of nitrogens with zero attached hydrogens (tertiary/aromatic N) is 1. The second kappa shape index (κ2) is 4.78. The Balaban J connectivity index is 2.13. The molecule has 94 valence electrons. The summed E-state index contributed by atoms with van der Waals surface area (Å²) in [6.07, 6.45) is 1.70. The summed E-state index contributed by atoms with van der Waals surface area (Å²) in [5.74, 6) is -0.264. The van der Waals surface area contributed by atoms with Gasteiger partial charge in [-0.05, 0) is 23.8 Å². The topological polar surface area (TPSA) is 38.9 Å². The van der Waals surface area contributed by atoms with Gasteiger partial charge in [0.25, 0.3) is 0 Å². The molecule has 2 N–H and O–H groups in total. The lowest BCUT2D eigenvalue weighted by molar-refractivity contribution is 0.629. The maximum atomic E-state index is 14.0. The minimum Gasteiger partial charge on any atom is -0.326 e. The minimum absolute atomic E-state index is 0.264. The van der Waals surface area contributed by atoms with Gasteiger partial charge in [-0.1, -0.05) is 30.3 Å². The Hall–Kier alpha value is -2.26. The number of hydrogen-bond donors (Lipinski definition) is 1. The molecule has 0 atom stereocenters. The van der Waals surface area contributed by atoms with Gasteiger partial charge >= 0.3 is 0 Å². The van der Waals surface area contributed by atoms with E-state index in [0.29, 0.717) is 12.1 Å². The molecule has 2 nitrogen and oxygen atoms in total. The molecular formula is C16H13FN2. The van der Waals surface area contributed by atoms with Crippen LogP contribution in [0.4, 0.5) is 4.39 Å². The molecule has 0 aliphatic rings. The summed E-state index contributed by atoms with van der Waals surface area (Å²) < 4.78 is 14.0. The average molecular weight is 252 g/mol. The fourth-order valence-electron chi connectivity index (χ4n) is 2.14. The molecule has 0 radical (unpaired) electrons. The van der Waals surface area contributed by atoms with Crippen LogP contribution in [0.15, 0.2) is 54.7 Å². The van der Waals surface area contributed by atoms with E-state index in [0.717, 1.165) is 22.0 Å². The van der Waals surface area contributed by atoms with E-state index in [4.69, 9.17) is 5.73 Å². The SMILES string of the molecule is NCc1ccc(-c2cnc3ccccc3c2)c(F)c1. The number of benzene rings is 2. The molecular weight excluding hydrogens is 239 g/mol. The van der Waals surface area contributed by atoms with Crippen LogP contribution < -0.4 is 5.73 Å². The van der Waals surface area contributed by atoms with Gasteiger partial charge in [-0.3, -0.25) is 4.98 Å². The number of nitrogens with two attached hydrogens (primary N) is 1. The molecule has 0 saturated heterocycles. The first-order valence-electron chi connectivity index (χ1n) is 6.11. The van der Waals surface area contributed by atoms with Gasteiger partial charge in [-0.15, -0.1) is 0 Å². The van der Waals surface area contributed by atoms with Crippen molar-refractivity contribution in [2.45, 2.75) is 6.54 Å². The molecule has 0 saturated carbocycles. The smallest absolute Gasteiger partial charge is 0.131 e. The minimum atomic E-state index is -0.264. The van der Waals surface area contributed by atoms with E-state index in [1.165, 1.54) is 6.07 Å². The van der Waals surface area contributed by atoms with Crippen molar-refractivity contribution >= 4 is 10.9 Å². The molecule has 0 unspecified atom stereocenters. The largest absolute Gasteiger partial charge is 0.326 e. The number of para-hydroxylation sites is 1. The Kier molecular flexibility index (Phi) is 2.97. The van der Waals surface area contributed by atoms with Crippen LogP contribution in [0.25, 0.3) is 22.0 Å². The van der Waals surface area contributed by atoms with Crippen molar-refractivity contribution in [3.8, 4) is 11.1 Å². The third kappa shape index (κ3) is 2.20. The number of aromatic nitrogens is 1. The molecule has 3 rings (SSSR count). The van der Waals surface area contributed by atoms with E-state index < -0.39 is 0 Å². The summed E-state index contributed by atoms with van der Waals surface area (Å²) in [5, 5.41) is 1.00. The van der Waals surface area contributed by atoms with Gasteiger partial charge in [0, 0.05) is 29.3 Å². The van der Waals surface area contributed by atoms with Crippen molar-refractivity contribution in [1.29, 1.82) is 0 Å². The highest BCUT2D eigenvalue weighted by molar-refractivity contribution is 5.83. The van der Waals surface area contributed by atoms with Gasteiger partial charge in [-0.25, -0.2) is 4.39 Å². The van der Waals surface area contributed by atoms with E-state index in [9.17, 15) is 4.39 Å². The first-order chi connectivity index (χ1) is 9.28. The summed E-state index contributed by atoms with van der Waals surface area (Å²) in [4.78, 5) is 4.35. The zero-order valence-corrected chi connectivity index (χ0v) is 10.3. The normalized spacial score (nSPS) is 10.8. The standard InChI is InChI=1S/C16H13FN2/c17-15-7-11(9-18)5-6-14(15)13-8-12-3-1-2-4-16(12)19-10-13/h1-8,10H,9,18H2. The van der Waals surface area contributed by atoms with E-state index in [1.54, 1.807) is 12.3 Å². The summed E-state index contributed by atoms with van der Waals surface area (Å²) in [6, 6.07) is 14.8. The molecule has 1 aromatic heterocycles. The lowest BCUT2D eigenvalue weighted by Gasteiger charge is -2.06. The quantitative estimate of drug-likeness (QED) is 0.758. The van der Waals surface area contributed by atoms with Crippen molar-refractivity contribution in [3.63, 3.8) is 0 Å². The number of hydrogen-bond acceptors (Lipinski definition) is 2.